The summed E-state index contributed by atoms with van der Waals surface area (Å²) < 4.78 is 21.6. The van der Waals surface area contributed by atoms with Crippen LogP contribution in [0.25, 0.3) is 0 Å². The Hall–Kier alpha value is -0.290. The number of terminal acetylenes is 1. The second-order valence-corrected chi connectivity index (χ2v) is 8.18. The standard InChI is InChI=1S/C19H33NO4S/c1-2-7-21-8-9-22-10-11-23-12-13-24-14-15-25-18-3-5-19(6-4-18)16-20-17-19/h1,18,20H,3-17H2. The largest absolute Gasteiger partial charge is 0.378 e. The molecule has 1 heterocycles. The van der Waals surface area contributed by atoms with Crippen molar-refractivity contribution in [1.29, 1.82) is 0 Å². The summed E-state index contributed by atoms with van der Waals surface area (Å²) in [5.41, 5.74) is 0.670. The Kier molecular flexibility index (Phi) is 10.9. The van der Waals surface area contributed by atoms with Gasteiger partial charge in [0.2, 0.25) is 0 Å². The third-order valence-electron chi connectivity index (χ3n) is 4.88. The number of thioether (sulfide) groups is 1. The quantitative estimate of drug-likeness (QED) is 0.372. The van der Waals surface area contributed by atoms with Gasteiger partial charge in [-0.3, -0.25) is 0 Å². The Labute approximate surface area is 156 Å². The molecule has 2 fully saturated rings. The van der Waals surface area contributed by atoms with E-state index in [-0.39, 0.29) is 0 Å². The highest BCUT2D eigenvalue weighted by molar-refractivity contribution is 7.99. The van der Waals surface area contributed by atoms with E-state index in [1.54, 1.807) is 0 Å². The SMILES string of the molecule is C#CCOCCOCCOCCOCCSC1CCC2(CC1)CNC2. The van der Waals surface area contributed by atoms with Crippen LogP contribution in [0, 0.1) is 17.8 Å². The fourth-order valence-electron chi connectivity index (χ4n) is 3.27. The van der Waals surface area contributed by atoms with E-state index in [0.717, 1.165) is 17.6 Å². The number of rotatable bonds is 14. The van der Waals surface area contributed by atoms with E-state index in [0.29, 0.717) is 51.7 Å². The second-order valence-electron chi connectivity index (χ2n) is 6.77. The molecule has 25 heavy (non-hydrogen) atoms. The van der Waals surface area contributed by atoms with Crippen LogP contribution < -0.4 is 5.32 Å². The molecule has 1 spiro atoms. The van der Waals surface area contributed by atoms with Gasteiger partial charge in [0, 0.05) is 24.1 Å². The van der Waals surface area contributed by atoms with E-state index >= 15 is 0 Å². The smallest absolute Gasteiger partial charge is 0.107 e. The molecule has 0 aromatic rings. The van der Waals surface area contributed by atoms with Crippen LogP contribution in [0.1, 0.15) is 25.7 Å². The van der Waals surface area contributed by atoms with E-state index in [2.05, 4.69) is 23.0 Å². The van der Waals surface area contributed by atoms with Gasteiger partial charge in [0.15, 0.2) is 0 Å². The first-order chi connectivity index (χ1) is 12.3. The van der Waals surface area contributed by atoms with Crippen LogP contribution in [-0.2, 0) is 18.9 Å². The lowest BCUT2D eigenvalue weighted by molar-refractivity contribution is 0.00310. The number of ether oxygens (including phenoxy) is 4. The van der Waals surface area contributed by atoms with Crippen LogP contribution in [0.15, 0.2) is 0 Å². The first-order valence-corrected chi connectivity index (χ1v) is 10.5. The van der Waals surface area contributed by atoms with Crippen molar-refractivity contribution in [3.05, 3.63) is 0 Å². The summed E-state index contributed by atoms with van der Waals surface area (Å²) in [5.74, 6) is 3.51. The third-order valence-corrected chi connectivity index (χ3v) is 6.22. The van der Waals surface area contributed by atoms with Gasteiger partial charge in [0.05, 0.1) is 46.2 Å². The van der Waals surface area contributed by atoms with Gasteiger partial charge in [-0.05, 0) is 31.1 Å². The maximum atomic E-state index is 5.63. The predicted octanol–water partition coefficient (Wildman–Crippen LogP) is 1.95. The summed E-state index contributed by atoms with van der Waals surface area (Å²) in [6.07, 6.45) is 10.6. The van der Waals surface area contributed by atoms with Crippen LogP contribution >= 0.6 is 11.8 Å². The highest BCUT2D eigenvalue weighted by atomic mass is 32.2. The molecule has 0 aromatic heterocycles. The van der Waals surface area contributed by atoms with Crippen LogP contribution in [0.5, 0.6) is 0 Å². The van der Waals surface area contributed by atoms with Gasteiger partial charge in [0.1, 0.15) is 6.61 Å². The molecule has 0 bridgehead atoms. The molecule has 0 aromatic carbocycles. The van der Waals surface area contributed by atoms with E-state index in [4.69, 9.17) is 25.4 Å². The molecule has 1 saturated heterocycles. The van der Waals surface area contributed by atoms with E-state index in [1.165, 1.54) is 38.8 Å². The average Bonchev–Trinajstić information content (AvgIpc) is 2.61. The number of hydrogen-bond donors (Lipinski definition) is 1. The van der Waals surface area contributed by atoms with Crippen molar-refractivity contribution in [1.82, 2.24) is 5.32 Å². The molecule has 2 rings (SSSR count). The highest BCUT2D eigenvalue weighted by Gasteiger charge is 2.39. The minimum absolute atomic E-state index is 0.342. The van der Waals surface area contributed by atoms with Crippen molar-refractivity contribution in [2.45, 2.75) is 30.9 Å². The van der Waals surface area contributed by atoms with Gasteiger partial charge in [-0.25, -0.2) is 0 Å². The fourth-order valence-corrected chi connectivity index (χ4v) is 4.38. The zero-order chi connectivity index (χ0) is 17.6. The fraction of sp³-hybridized carbons (Fsp3) is 0.895. The van der Waals surface area contributed by atoms with Crippen molar-refractivity contribution in [2.24, 2.45) is 5.41 Å². The Balaban J connectivity index is 1.27. The molecule has 0 radical (unpaired) electrons. The van der Waals surface area contributed by atoms with Gasteiger partial charge in [-0.2, -0.15) is 11.8 Å². The number of hydrogen-bond acceptors (Lipinski definition) is 6. The topological polar surface area (TPSA) is 49.0 Å². The van der Waals surface area contributed by atoms with Crippen molar-refractivity contribution in [2.75, 3.05) is 71.7 Å². The van der Waals surface area contributed by atoms with E-state index in [9.17, 15) is 0 Å². The molecule has 0 atom stereocenters. The highest BCUT2D eigenvalue weighted by Crippen LogP contribution is 2.42. The summed E-state index contributed by atoms with van der Waals surface area (Å²) in [7, 11) is 0. The zero-order valence-electron chi connectivity index (χ0n) is 15.3. The molecule has 1 aliphatic heterocycles. The third kappa shape index (κ3) is 8.76. The molecule has 144 valence electrons. The summed E-state index contributed by atoms with van der Waals surface area (Å²) >= 11 is 2.09. The number of nitrogens with one attached hydrogen (secondary N) is 1. The molecule has 1 aliphatic carbocycles. The molecule has 5 nitrogen and oxygen atoms in total. The van der Waals surface area contributed by atoms with Crippen molar-refractivity contribution in [3.63, 3.8) is 0 Å². The van der Waals surface area contributed by atoms with Crippen LogP contribution in [-0.4, -0.2) is 76.9 Å². The van der Waals surface area contributed by atoms with Gasteiger partial charge in [-0.1, -0.05) is 5.92 Å². The Morgan fingerprint density at radius 2 is 1.44 bits per heavy atom. The summed E-state index contributed by atoms with van der Waals surface area (Å²) in [6.45, 7) is 7.19. The average molecular weight is 372 g/mol. The van der Waals surface area contributed by atoms with E-state index < -0.39 is 0 Å². The van der Waals surface area contributed by atoms with Gasteiger partial charge in [-0.15, -0.1) is 6.42 Å². The summed E-state index contributed by atoms with van der Waals surface area (Å²) in [4.78, 5) is 0. The maximum Gasteiger partial charge on any atom is 0.107 e. The minimum Gasteiger partial charge on any atom is -0.378 e. The summed E-state index contributed by atoms with van der Waals surface area (Å²) in [6, 6.07) is 0. The Morgan fingerprint density at radius 3 is 1.96 bits per heavy atom. The Bertz CT molecular complexity index is 374. The van der Waals surface area contributed by atoms with Crippen molar-refractivity contribution >= 4 is 11.8 Å². The molecule has 1 N–H and O–H groups in total. The van der Waals surface area contributed by atoms with Crippen LogP contribution in [0.4, 0.5) is 0 Å². The summed E-state index contributed by atoms with van der Waals surface area (Å²) in [5, 5.41) is 4.27. The normalized spacial score (nSPS) is 19.6. The lowest BCUT2D eigenvalue weighted by atomic mass is 9.70. The second kappa shape index (κ2) is 13.0. The van der Waals surface area contributed by atoms with Gasteiger partial charge < -0.3 is 24.3 Å². The molecule has 0 unspecified atom stereocenters. The zero-order valence-corrected chi connectivity index (χ0v) is 16.1. The Morgan fingerprint density at radius 1 is 0.880 bits per heavy atom. The molecular weight excluding hydrogens is 338 g/mol. The van der Waals surface area contributed by atoms with Crippen LogP contribution in [0.3, 0.4) is 0 Å². The van der Waals surface area contributed by atoms with E-state index in [1.807, 2.05) is 0 Å². The molecule has 0 amide bonds. The minimum atomic E-state index is 0.342. The lowest BCUT2D eigenvalue weighted by Crippen LogP contribution is -2.55. The maximum absolute atomic E-state index is 5.63. The van der Waals surface area contributed by atoms with Crippen LogP contribution in [0.2, 0.25) is 0 Å². The molecule has 2 aliphatic rings. The monoisotopic (exact) mass is 371 g/mol. The van der Waals surface area contributed by atoms with Crippen molar-refractivity contribution < 1.29 is 18.9 Å². The lowest BCUT2D eigenvalue weighted by Gasteiger charge is -2.47. The molecule has 1 saturated carbocycles. The first kappa shape index (κ1) is 21.0. The predicted molar refractivity (Wildman–Crippen MR) is 102 cm³/mol. The van der Waals surface area contributed by atoms with Gasteiger partial charge >= 0.3 is 0 Å². The molecule has 6 heteroatoms. The first-order valence-electron chi connectivity index (χ1n) is 9.41. The van der Waals surface area contributed by atoms with Crippen molar-refractivity contribution in [3.8, 4) is 12.3 Å². The van der Waals surface area contributed by atoms with Gasteiger partial charge in [0.25, 0.3) is 0 Å². The molecular formula is C19H33NO4S.